The highest BCUT2D eigenvalue weighted by molar-refractivity contribution is 6.32. The second-order valence-corrected chi connectivity index (χ2v) is 5.08. The SMILES string of the molecule is CN1CCOC(CNC(=O)c2ccnc(Cl)c2[N+](=O)[O-])C1. The van der Waals surface area contributed by atoms with Crippen LogP contribution in [0.1, 0.15) is 10.4 Å². The first-order chi connectivity index (χ1) is 9.99. The van der Waals surface area contributed by atoms with Gasteiger partial charge in [0, 0.05) is 25.8 Å². The monoisotopic (exact) mass is 314 g/mol. The second-order valence-electron chi connectivity index (χ2n) is 4.72. The van der Waals surface area contributed by atoms with Gasteiger partial charge in [-0.2, -0.15) is 0 Å². The standard InChI is InChI=1S/C12H15ClN4O4/c1-16-4-5-21-8(7-16)6-15-12(18)9-2-3-14-11(13)10(9)17(19)20/h2-3,8H,4-7H2,1H3,(H,15,18). The fourth-order valence-electron chi connectivity index (χ4n) is 2.08. The Balaban J connectivity index is 2.04. The highest BCUT2D eigenvalue weighted by atomic mass is 35.5. The molecule has 114 valence electrons. The zero-order valence-corrected chi connectivity index (χ0v) is 12.2. The molecule has 0 aromatic carbocycles. The molecule has 1 saturated heterocycles. The van der Waals surface area contributed by atoms with Gasteiger partial charge in [0.2, 0.25) is 5.15 Å². The second kappa shape index (κ2) is 6.79. The van der Waals surface area contributed by atoms with E-state index >= 15 is 0 Å². The van der Waals surface area contributed by atoms with E-state index in [2.05, 4.69) is 15.2 Å². The van der Waals surface area contributed by atoms with Crippen molar-refractivity contribution >= 4 is 23.2 Å². The van der Waals surface area contributed by atoms with Gasteiger partial charge < -0.3 is 15.0 Å². The van der Waals surface area contributed by atoms with Gasteiger partial charge in [-0.25, -0.2) is 4.98 Å². The zero-order valence-electron chi connectivity index (χ0n) is 11.4. The third kappa shape index (κ3) is 3.87. The van der Waals surface area contributed by atoms with Crippen LogP contribution in [-0.2, 0) is 4.74 Å². The van der Waals surface area contributed by atoms with Crippen LogP contribution in [0.2, 0.25) is 5.15 Å². The summed E-state index contributed by atoms with van der Waals surface area (Å²) in [5.41, 5.74) is -0.595. The smallest absolute Gasteiger partial charge is 0.319 e. The molecule has 1 atom stereocenters. The van der Waals surface area contributed by atoms with Crippen molar-refractivity contribution in [3.8, 4) is 0 Å². The van der Waals surface area contributed by atoms with E-state index in [0.717, 1.165) is 6.54 Å². The third-order valence-corrected chi connectivity index (χ3v) is 3.42. The molecule has 1 fully saturated rings. The normalized spacial score (nSPS) is 19.2. The molecule has 9 heteroatoms. The number of ether oxygens (including phenoxy) is 1. The number of carbonyl (C=O) groups is 1. The summed E-state index contributed by atoms with van der Waals surface area (Å²) >= 11 is 5.67. The first-order valence-electron chi connectivity index (χ1n) is 6.36. The number of morpholine rings is 1. The van der Waals surface area contributed by atoms with Crippen molar-refractivity contribution in [2.45, 2.75) is 6.10 Å². The number of rotatable bonds is 4. The molecule has 1 aliphatic heterocycles. The van der Waals surface area contributed by atoms with Gasteiger partial charge in [-0.1, -0.05) is 11.6 Å². The van der Waals surface area contributed by atoms with Gasteiger partial charge in [-0.3, -0.25) is 14.9 Å². The molecular formula is C12H15ClN4O4. The Bertz CT molecular complexity index is 554. The van der Waals surface area contributed by atoms with E-state index in [1.54, 1.807) is 0 Å². The lowest BCUT2D eigenvalue weighted by Gasteiger charge is -2.30. The van der Waals surface area contributed by atoms with Crippen molar-refractivity contribution < 1.29 is 14.5 Å². The molecule has 1 aromatic rings. The quantitative estimate of drug-likeness (QED) is 0.499. The first kappa shape index (κ1) is 15.6. The van der Waals surface area contributed by atoms with Gasteiger partial charge in [-0.15, -0.1) is 0 Å². The van der Waals surface area contributed by atoms with Gasteiger partial charge in [0.05, 0.1) is 17.6 Å². The van der Waals surface area contributed by atoms with Gasteiger partial charge in [0.25, 0.3) is 5.91 Å². The van der Waals surface area contributed by atoms with E-state index in [-0.39, 0.29) is 23.4 Å². The van der Waals surface area contributed by atoms with E-state index in [4.69, 9.17) is 16.3 Å². The summed E-state index contributed by atoms with van der Waals surface area (Å²) in [4.78, 5) is 28.0. The van der Waals surface area contributed by atoms with Crippen LogP contribution in [-0.4, -0.2) is 60.1 Å². The maximum absolute atomic E-state index is 12.1. The fourth-order valence-corrected chi connectivity index (χ4v) is 2.30. The Kier molecular flexibility index (Phi) is 5.05. The van der Waals surface area contributed by atoms with Crippen LogP contribution in [0.15, 0.2) is 12.3 Å². The molecule has 21 heavy (non-hydrogen) atoms. The maximum Gasteiger partial charge on any atom is 0.319 e. The number of nitrogens with one attached hydrogen (secondary N) is 1. The number of nitrogens with zero attached hydrogens (tertiary/aromatic N) is 3. The minimum absolute atomic E-state index is 0.107. The van der Waals surface area contributed by atoms with Gasteiger partial charge >= 0.3 is 5.69 Å². The van der Waals surface area contributed by atoms with Crippen LogP contribution in [0.3, 0.4) is 0 Å². The molecule has 2 rings (SSSR count). The van der Waals surface area contributed by atoms with E-state index in [1.807, 2.05) is 7.05 Å². The van der Waals surface area contributed by atoms with Crippen LogP contribution in [0.25, 0.3) is 0 Å². The van der Waals surface area contributed by atoms with E-state index < -0.39 is 16.5 Å². The minimum Gasteiger partial charge on any atom is -0.374 e. The Morgan fingerprint density at radius 3 is 3.14 bits per heavy atom. The molecule has 8 nitrogen and oxygen atoms in total. The molecule has 2 heterocycles. The summed E-state index contributed by atoms with van der Waals surface area (Å²) in [7, 11) is 1.96. The van der Waals surface area contributed by atoms with Crippen molar-refractivity contribution in [2.24, 2.45) is 0 Å². The van der Waals surface area contributed by atoms with Crippen molar-refractivity contribution in [3.63, 3.8) is 0 Å². The van der Waals surface area contributed by atoms with Crippen LogP contribution in [0.4, 0.5) is 5.69 Å². The number of carbonyl (C=O) groups excluding carboxylic acids is 1. The molecule has 1 N–H and O–H groups in total. The minimum atomic E-state index is -0.713. The summed E-state index contributed by atoms with van der Waals surface area (Å²) < 4.78 is 5.51. The number of likely N-dealkylation sites (N-methyl/N-ethyl adjacent to an activating group) is 1. The summed E-state index contributed by atoms with van der Waals surface area (Å²) in [6, 6.07) is 1.27. The Morgan fingerprint density at radius 1 is 1.71 bits per heavy atom. The van der Waals surface area contributed by atoms with Crippen molar-refractivity contribution in [1.29, 1.82) is 0 Å². The molecule has 1 unspecified atom stereocenters. The molecule has 1 aromatic heterocycles. The van der Waals surface area contributed by atoms with E-state index in [0.29, 0.717) is 13.2 Å². The third-order valence-electron chi connectivity index (χ3n) is 3.14. The van der Waals surface area contributed by atoms with Gasteiger partial charge in [0.15, 0.2) is 0 Å². The fraction of sp³-hybridized carbons (Fsp3) is 0.500. The number of amides is 1. The first-order valence-corrected chi connectivity index (χ1v) is 6.74. The van der Waals surface area contributed by atoms with Crippen LogP contribution in [0.5, 0.6) is 0 Å². The lowest BCUT2D eigenvalue weighted by atomic mass is 10.2. The number of halogens is 1. The van der Waals surface area contributed by atoms with Gasteiger partial charge in [-0.05, 0) is 13.1 Å². The molecule has 0 spiro atoms. The van der Waals surface area contributed by atoms with Crippen molar-refractivity contribution in [2.75, 3.05) is 33.3 Å². The van der Waals surface area contributed by atoms with Crippen LogP contribution < -0.4 is 5.32 Å². The van der Waals surface area contributed by atoms with E-state index in [9.17, 15) is 14.9 Å². The molecule has 1 aliphatic rings. The predicted octanol–water partition coefficient (Wildman–Crippen LogP) is 0.704. The lowest BCUT2D eigenvalue weighted by Crippen LogP contribution is -2.46. The van der Waals surface area contributed by atoms with Crippen molar-refractivity contribution in [1.82, 2.24) is 15.2 Å². The topological polar surface area (TPSA) is 97.6 Å². The van der Waals surface area contributed by atoms with Crippen LogP contribution in [0, 0.1) is 10.1 Å². The summed E-state index contributed by atoms with van der Waals surface area (Å²) in [5.74, 6) is -0.567. The Morgan fingerprint density at radius 2 is 2.48 bits per heavy atom. The lowest BCUT2D eigenvalue weighted by molar-refractivity contribution is -0.385. The summed E-state index contributed by atoms with van der Waals surface area (Å²) in [5, 5.41) is 13.3. The molecule has 1 amide bonds. The number of hydrogen-bond donors (Lipinski definition) is 1. The molecule has 0 radical (unpaired) electrons. The average molecular weight is 315 g/mol. The summed E-state index contributed by atoms with van der Waals surface area (Å²) in [6.45, 7) is 2.41. The van der Waals surface area contributed by atoms with E-state index in [1.165, 1.54) is 12.3 Å². The average Bonchev–Trinajstić information content (AvgIpc) is 2.44. The predicted molar refractivity (Wildman–Crippen MR) is 75.5 cm³/mol. The number of hydrogen-bond acceptors (Lipinski definition) is 6. The highest BCUT2D eigenvalue weighted by Gasteiger charge is 2.26. The zero-order chi connectivity index (χ0) is 15.4. The van der Waals surface area contributed by atoms with Gasteiger partial charge in [0.1, 0.15) is 5.56 Å². The van der Waals surface area contributed by atoms with Crippen LogP contribution >= 0.6 is 11.6 Å². The number of nitro groups is 1. The Labute approximate surface area is 126 Å². The largest absolute Gasteiger partial charge is 0.374 e. The number of pyridine rings is 1. The molecular weight excluding hydrogens is 300 g/mol. The Hall–Kier alpha value is -1.77. The molecule has 0 aliphatic carbocycles. The summed E-state index contributed by atoms with van der Waals surface area (Å²) in [6.07, 6.45) is 1.12. The highest BCUT2D eigenvalue weighted by Crippen LogP contribution is 2.25. The molecule has 0 bridgehead atoms. The number of aromatic nitrogens is 1. The maximum atomic E-state index is 12.1. The van der Waals surface area contributed by atoms with Crippen molar-refractivity contribution in [3.05, 3.63) is 33.1 Å². The molecule has 0 saturated carbocycles.